The molecule has 1 amide bonds. The minimum Gasteiger partial charge on any atom is -0.344 e. The number of hydrogen-bond donors (Lipinski definition) is 1. The Morgan fingerprint density at radius 2 is 1.79 bits per heavy atom. The number of nitrogens with zero attached hydrogens (tertiary/aromatic N) is 3. The second-order valence-corrected chi connectivity index (χ2v) is 5.52. The molecule has 5 nitrogen and oxygen atoms in total. The highest BCUT2D eigenvalue weighted by molar-refractivity contribution is 5.93. The number of benzene rings is 2. The van der Waals surface area contributed by atoms with Gasteiger partial charge in [-0.3, -0.25) is 4.79 Å². The van der Waals surface area contributed by atoms with Crippen molar-refractivity contribution < 1.29 is 9.18 Å². The summed E-state index contributed by atoms with van der Waals surface area (Å²) in [5, 5.41) is 10.9. The van der Waals surface area contributed by atoms with Crippen molar-refractivity contribution in [2.24, 2.45) is 0 Å². The van der Waals surface area contributed by atoms with Crippen molar-refractivity contribution in [1.29, 1.82) is 0 Å². The molecule has 0 fully saturated rings. The first kappa shape index (κ1) is 15.9. The lowest BCUT2D eigenvalue weighted by atomic mass is 10.1. The highest BCUT2D eigenvalue weighted by Gasteiger charge is 2.19. The van der Waals surface area contributed by atoms with Gasteiger partial charge in [0.15, 0.2) is 5.69 Å². The molecule has 24 heavy (non-hydrogen) atoms. The van der Waals surface area contributed by atoms with Gasteiger partial charge in [-0.25, -0.2) is 9.07 Å². The van der Waals surface area contributed by atoms with Gasteiger partial charge in [0.2, 0.25) is 0 Å². The smallest absolute Gasteiger partial charge is 0.274 e. The van der Waals surface area contributed by atoms with E-state index < -0.39 is 0 Å². The molecule has 0 unspecified atom stereocenters. The number of carbonyl (C=O) groups excluding carboxylic acids is 1. The van der Waals surface area contributed by atoms with E-state index in [0.717, 1.165) is 5.56 Å². The van der Waals surface area contributed by atoms with E-state index in [9.17, 15) is 9.18 Å². The third-order valence-electron chi connectivity index (χ3n) is 3.83. The predicted molar refractivity (Wildman–Crippen MR) is 88.4 cm³/mol. The second kappa shape index (κ2) is 6.62. The van der Waals surface area contributed by atoms with Crippen LogP contribution in [-0.4, -0.2) is 20.9 Å². The SMILES string of the molecule is Cc1c(C(=O)N[C@H](C)c2ccccc2)nnn1-c1ccc(F)cc1. The summed E-state index contributed by atoms with van der Waals surface area (Å²) >= 11 is 0. The van der Waals surface area contributed by atoms with Crippen molar-refractivity contribution >= 4 is 5.91 Å². The molecule has 6 heteroatoms. The number of nitrogens with one attached hydrogen (secondary N) is 1. The monoisotopic (exact) mass is 324 g/mol. The fraction of sp³-hybridized carbons (Fsp3) is 0.167. The molecule has 1 aromatic heterocycles. The number of halogens is 1. The highest BCUT2D eigenvalue weighted by atomic mass is 19.1. The van der Waals surface area contributed by atoms with Crippen molar-refractivity contribution in [3.8, 4) is 5.69 Å². The van der Waals surface area contributed by atoms with Gasteiger partial charge in [0.25, 0.3) is 5.91 Å². The Balaban J connectivity index is 1.80. The van der Waals surface area contributed by atoms with Gasteiger partial charge in [-0.05, 0) is 43.7 Å². The Morgan fingerprint density at radius 1 is 1.12 bits per heavy atom. The zero-order valence-corrected chi connectivity index (χ0v) is 13.4. The number of carbonyl (C=O) groups is 1. The van der Waals surface area contributed by atoms with Gasteiger partial charge in [-0.15, -0.1) is 5.10 Å². The summed E-state index contributed by atoms with van der Waals surface area (Å²) in [4.78, 5) is 12.5. The van der Waals surface area contributed by atoms with Crippen molar-refractivity contribution in [2.75, 3.05) is 0 Å². The lowest BCUT2D eigenvalue weighted by Gasteiger charge is -2.13. The molecule has 0 aliphatic carbocycles. The van der Waals surface area contributed by atoms with E-state index in [1.807, 2.05) is 37.3 Å². The van der Waals surface area contributed by atoms with Crippen LogP contribution in [0.2, 0.25) is 0 Å². The first-order valence-corrected chi connectivity index (χ1v) is 7.60. The molecule has 0 spiro atoms. The summed E-state index contributed by atoms with van der Waals surface area (Å²) in [6.07, 6.45) is 0. The van der Waals surface area contributed by atoms with E-state index in [-0.39, 0.29) is 23.5 Å². The fourth-order valence-electron chi connectivity index (χ4n) is 2.46. The Bertz CT molecular complexity index is 843. The maximum Gasteiger partial charge on any atom is 0.274 e. The summed E-state index contributed by atoms with van der Waals surface area (Å²) in [7, 11) is 0. The Hall–Kier alpha value is -3.02. The lowest BCUT2D eigenvalue weighted by Crippen LogP contribution is -2.27. The number of rotatable bonds is 4. The van der Waals surface area contributed by atoms with Crippen LogP contribution >= 0.6 is 0 Å². The average molecular weight is 324 g/mol. The van der Waals surface area contributed by atoms with Crippen LogP contribution in [0.25, 0.3) is 5.69 Å². The Labute approximate surface area is 139 Å². The van der Waals surface area contributed by atoms with Gasteiger partial charge in [-0.1, -0.05) is 35.5 Å². The molecule has 0 aliphatic heterocycles. The van der Waals surface area contributed by atoms with Crippen LogP contribution < -0.4 is 5.32 Å². The molecule has 3 aromatic rings. The minimum atomic E-state index is -0.328. The molecule has 3 rings (SSSR count). The van der Waals surface area contributed by atoms with Gasteiger partial charge in [0.05, 0.1) is 17.4 Å². The third-order valence-corrected chi connectivity index (χ3v) is 3.83. The van der Waals surface area contributed by atoms with Crippen molar-refractivity contribution in [3.63, 3.8) is 0 Å². The van der Waals surface area contributed by atoms with Crippen LogP contribution in [0.4, 0.5) is 4.39 Å². The second-order valence-electron chi connectivity index (χ2n) is 5.52. The lowest BCUT2D eigenvalue weighted by molar-refractivity contribution is 0.0934. The van der Waals surface area contributed by atoms with E-state index in [1.165, 1.54) is 16.8 Å². The van der Waals surface area contributed by atoms with Gasteiger partial charge in [0.1, 0.15) is 5.82 Å². The van der Waals surface area contributed by atoms with E-state index in [1.54, 1.807) is 19.1 Å². The van der Waals surface area contributed by atoms with Gasteiger partial charge >= 0.3 is 0 Å². The summed E-state index contributed by atoms with van der Waals surface area (Å²) in [5.41, 5.74) is 2.51. The van der Waals surface area contributed by atoms with E-state index >= 15 is 0 Å². The van der Waals surface area contributed by atoms with Crippen molar-refractivity contribution in [1.82, 2.24) is 20.3 Å². The fourth-order valence-corrected chi connectivity index (χ4v) is 2.46. The van der Waals surface area contributed by atoms with E-state index in [0.29, 0.717) is 11.4 Å². The Kier molecular flexibility index (Phi) is 4.37. The summed E-state index contributed by atoms with van der Waals surface area (Å²) < 4.78 is 14.5. The average Bonchev–Trinajstić information content (AvgIpc) is 2.98. The molecule has 2 aromatic carbocycles. The standard InChI is InChI=1S/C18H17FN4O/c1-12(14-6-4-3-5-7-14)20-18(24)17-13(2)23(22-21-17)16-10-8-15(19)9-11-16/h3-12H,1-2H3,(H,20,24)/t12-/m1/s1. The summed E-state index contributed by atoms with van der Waals surface area (Å²) in [5.74, 6) is -0.622. The van der Waals surface area contributed by atoms with Crippen LogP contribution in [0.15, 0.2) is 54.6 Å². The summed E-state index contributed by atoms with van der Waals surface area (Å²) in [6.45, 7) is 3.67. The summed E-state index contributed by atoms with van der Waals surface area (Å²) in [6, 6.07) is 15.4. The van der Waals surface area contributed by atoms with Crippen LogP contribution in [0.5, 0.6) is 0 Å². The molecule has 0 bridgehead atoms. The third kappa shape index (κ3) is 3.17. The van der Waals surface area contributed by atoms with Gasteiger partial charge in [0, 0.05) is 0 Å². The van der Waals surface area contributed by atoms with Crippen LogP contribution in [-0.2, 0) is 0 Å². The van der Waals surface area contributed by atoms with Crippen LogP contribution in [0, 0.1) is 12.7 Å². The highest BCUT2D eigenvalue weighted by Crippen LogP contribution is 2.15. The molecule has 1 atom stereocenters. The first-order valence-electron chi connectivity index (χ1n) is 7.60. The van der Waals surface area contributed by atoms with Crippen molar-refractivity contribution in [2.45, 2.75) is 19.9 Å². The van der Waals surface area contributed by atoms with Gasteiger partial charge < -0.3 is 5.32 Å². The molecule has 0 saturated heterocycles. The molecular weight excluding hydrogens is 307 g/mol. The van der Waals surface area contributed by atoms with Gasteiger partial charge in [-0.2, -0.15) is 0 Å². The van der Waals surface area contributed by atoms with E-state index in [4.69, 9.17) is 0 Å². The zero-order valence-electron chi connectivity index (χ0n) is 13.4. The number of aromatic nitrogens is 3. The molecule has 1 N–H and O–H groups in total. The molecule has 1 heterocycles. The predicted octanol–water partition coefficient (Wildman–Crippen LogP) is 3.21. The van der Waals surface area contributed by atoms with E-state index in [2.05, 4.69) is 15.6 Å². The maximum atomic E-state index is 13.0. The van der Waals surface area contributed by atoms with Crippen molar-refractivity contribution in [3.05, 3.63) is 77.4 Å². The first-order chi connectivity index (χ1) is 11.6. The molecule has 0 aliphatic rings. The minimum absolute atomic E-state index is 0.144. The zero-order chi connectivity index (χ0) is 17.1. The largest absolute Gasteiger partial charge is 0.344 e. The molecule has 0 saturated carbocycles. The molecular formula is C18H17FN4O. The normalized spacial score (nSPS) is 12.0. The molecule has 122 valence electrons. The maximum absolute atomic E-state index is 13.0. The Morgan fingerprint density at radius 3 is 2.46 bits per heavy atom. The quantitative estimate of drug-likeness (QED) is 0.802. The van der Waals surface area contributed by atoms with Crippen LogP contribution in [0.3, 0.4) is 0 Å². The molecule has 0 radical (unpaired) electrons. The number of amides is 1. The topological polar surface area (TPSA) is 59.8 Å². The number of hydrogen-bond acceptors (Lipinski definition) is 3. The van der Waals surface area contributed by atoms with Crippen LogP contribution in [0.1, 0.15) is 34.7 Å².